The molecule has 0 unspecified atom stereocenters. The number of carbonyl (C=O) groups excluding carboxylic acids is 2. The summed E-state index contributed by atoms with van der Waals surface area (Å²) in [4.78, 5) is 28.8. The lowest BCUT2D eigenvalue weighted by Crippen LogP contribution is -2.53. The molecule has 3 rings (SSSR count). The number of sulfonamides is 1. The van der Waals surface area contributed by atoms with Gasteiger partial charge in [0.25, 0.3) is 0 Å². The maximum atomic E-state index is 14.7. The zero-order chi connectivity index (χ0) is 28.6. The second-order valence-electron chi connectivity index (χ2n) is 9.72. The molecule has 10 heteroatoms. The highest BCUT2D eigenvalue weighted by molar-refractivity contribution is 7.92. The number of amides is 2. The summed E-state index contributed by atoms with van der Waals surface area (Å²) in [6.45, 7) is 3.61. The van der Waals surface area contributed by atoms with Crippen LogP contribution >= 0.6 is 11.6 Å². The number of rotatable bonds is 12. The third-order valence-corrected chi connectivity index (χ3v) is 7.36. The van der Waals surface area contributed by atoms with Crippen LogP contribution in [0.15, 0.2) is 78.9 Å². The number of benzene rings is 3. The van der Waals surface area contributed by atoms with E-state index in [4.69, 9.17) is 11.6 Å². The molecule has 0 saturated heterocycles. The molecule has 39 heavy (non-hydrogen) atoms. The Morgan fingerprint density at radius 1 is 0.949 bits per heavy atom. The zero-order valence-electron chi connectivity index (χ0n) is 22.2. The molecule has 1 atom stereocenters. The first-order valence-corrected chi connectivity index (χ1v) is 14.8. The van der Waals surface area contributed by atoms with Crippen molar-refractivity contribution in [3.63, 3.8) is 0 Å². The number of hydrogen-bond acceptors (Lipinski definition) is 4. The number of carbonyl (C=O) groups is 2. The molecule has 0 saturated carbocycles. The minimum atomic E-state index is -4.05. The van der Waals surface area contributed by atoms with Crippen LogP contribution in [0.2, 0.25) is 5.02 Å². The Hall–Kier alpha value is -3.43. The van der Waals surface area contributed by atoms with E-state index >= 15 is 0 Å². The summed E-state index contributed by atoms with van der Waals surface area (Å²) in [6, 6.07) is 20.5. The van der Waals surface area contributed by atoms with E-state index in [2.05, 4.69) is 5.32 Å². The van der Waals surface area contributed by atoms with Crippen molar-refractivity contribution in [3.05, 3.63) is 101 Å². The standard InChI is InChI=1S/C29H33ClFN3O4S/c1-21(2)18-32-29(36)27(17-22-10-5-4-6-11-22)33(19-23-12-9-13-24(30)16-23)28(35)20-34(39(3,37)38)26-15-8-7-14-25(26)31/h4-16,21,27H,17-20H2,1-3H3,(H,32,36)/t27-/m1/s1. The van der Waals surface area contributed by atoms with Gasteiger partial charge in [-0.25, -0.2) is 12.8 Å². The van der Waals surface area contributed by atoms with Gasteiger partial charge in [0.05, 0.1) is 11.9 Å². The topological polar surface area (TPSA) is 86.8 Å². The molecule has 0 spiro atoms. The minimum absolute atomic E-state index is 0.0130. The first-order chi connectivity index (χ1) is 18.5. The highest BCUT2D eigenvalue weighted by Crippen LogP contribution is 2.23. The molecule has 2 amide bonds. The van der Waals surface area contributed by atoms with Gasteiger partial charge in [-0.1, -0.05) is 80.0 Å². The largest absolute Gasteiger partial charge is 0.354 e. The Morgan fingerprint density at radius 3 is 2.21 bits per heavy atom. The van der Waals surface area contributed by atoms with E-state index in [1.165, 1.54) is 23.1 Å². The maximum Gasteiger partial charge on any atom is 0.244 e. The Labute approximate surface area is 234 Å². The van der Waals surface area contributed by atoms with Crippen molar-refractivity contribution in [1.29, 1.82) is 0 Å². The van der Waals surface area contributed by atoms with Gasteiger partial charge >= 0.3 is 0 Å². The van der Waals surface area contributed by atoms with E-state index in [1.807, 2.05) is 44.2 Å². The normalized spacial score (nSPS) is 12.2. The van der Waals surface area contributed by atoms with Gasteiger partial charge in [0.2, 0.25) is 21.8 Å². The van der Waals surface area contributed by atoms with E-state index in [0.29, 0.717) is 17.1 Å². The zero-order valence-corrected chi connectivity index (χ0v) is 23.8. The quantitative estimate of drug-likeness (QED) is 0.341. The van der Waals surface area contributed by atoms with Crippen LogP contribution < -0.4 is 9.62 Å². The predicted octanol–water partition coefficient (Wildman–Crippen LogP) is 4.66. The molecule has 7 nitrogen and oxygen atoms in total. The highest BCUT2D eigenvalue weighted by Gasteiger charge is 2.33. The third kappa shape index (κ3) is 8.80. The van der Waals surface area contributed by atoms with Crippen molar-refractivity contribution in [2.75, 3.05) is 23.7 Å². The van der Waals surface area contributed by atoms with Gasteiger partial charge in [-0.2, -0.15) is 0 Å². The summed E-state index contributed by atoms with van der Waals surface area (Å²) < 4.78 is 40.8. The van der Waals surface area contributed by atoms with E-state index < -0.39 is 34.3 Å². The SMILES string of the molecule is CC(C)CNC(=O)[C@@H](Cc1ccccc1)N(Cc1cccc(Cl)c1)C(=O)CN(c1ccccc1F)S(C)(=O)=O. The van der Waals surface area contributed by atoms with Crippen molar-refractivity contribution in [3.8, 4) is 0 Å². The van der Waals surface area contributed by atoms with Crippen LogP contribution in [0.4, 0.5) is 10.1 Å². The molecule has 0 aliphatic carbocycles. The fraction of sp³-hybridized carbons (Fsp3) is 0.310. The van der Waals surface area contributed by atoms with Crippen molar-refractivity contribution >= 4 is 39.1 Å². The molecule has 3 aromatic rings. The second-order valence-corrected chi connectivity index (χ2v) is 12.1. The Balaban J connectivity index is 2.05. The fourth-order valence-corrected chi connectivity index (χ4v) is 5.12. The Morgan fingerprint density at radius 2 is 1.59 bits per heavy atom. The molecule has 208 valence electrons. The van der Waals surface area contributed by atoms with Gasteiger partial charge in [0.1, 0.15) is 18.4 Å². The molecule has 0 aliphatic rings. The molecule has 3 aromatic carbocycles. The fourth-order valence-electron chi connectivity index (χ4n) is 4.06. The van der Waals surface area contributed by atoms with E-state index in [1.54, 1.807) is 24.3 Å². The van der Waals surface area contributed by atoms with E-state index in [0.717, 1.165) is 22.2 Å². The van der Waals surface area contributed by atoms with Crippen LogP contribution in [-0.2, 0) is 32.6 Å². The Bertz CT molecular complexity index is 1390. The van der Waals surface area contributed by atoms with Crippen molar-refractivity contribution < 1.29 is 22.4 Å². The predicted molar refractivity (Wildman–Crippen MR) is 152 cm³/mol. The molecule has 0 heterocycles. The lowest BCUT2D eigenvalue weighted by molar-refractivity contribution is -0.140. The molecule has 0 bridgehead atoms. The summed E-state index contributed by atoms with van der Waals surface area (Å²) in [7, 11) is -4.05. The highest BCUT2D eigenvalue weighted by atomic mass is 35.5. The first kappa shape index (κ1) is 30.1. The Kier molecular flexibility index (Phi) is 10.5. The van der Waals surface area contributed by atoms with Crippen LogP contribution in [0.5, 0.6) is 0 Å². The first-order valence-electron chi connectivity index (χ1n) is 12.5. The van der Waals surface area contributed by atoms with Gasteiger partial charge in [0.15, 0.2) is 0 Å². The summed E-state index contributed by atoms with van der Waals surface area (Å²) in [6.07, 6.45) is 1.10. The van der Waals surface area contributed by atoms with Crippen LogP contribution in [0, 0.1) is 11.7 Å². The number of anilines is 1. The molecule has 0 radical (unpaired) electrons. The lowest BCUT2D eigenvalue weighted by atomic mass is 10.0. The second kappa shape index (κ2) is 13.6. The number of halogens is 2. The summed E-state index contributed by atoms with van der Waals surface area (Å²) in [5.41, 5.74) is 1.22. The summed E-state index contributed by atoms with van der Waals surface area (Å²) in [5, 5.41) is 3.36. The average Bonchev–Trinajstić information content (AvgIpc) is 2.88. The summed E-state index contributed by atoms with van der Waals surface area (Å²) >= 11 is 6.19. The van der Waals surface area contributed by atoms with Crippen molar-refractivity contribution in [2.45, 2.75) is 32.9 Å². The van der Waals surface area contributed by atoms with Crippen LogP contribution in [0.3, 0.4) is 0 Å². The molecule has 0 aliphatic heterocycles. The van der Waals surface area contributed by atoms with E-state index in [-0.39, 0.29) is 30.5 Å². The third-order valence-electron chi connectivity index (χ3n) is 6.00. The molecule has 0 fully saturated rings. The van der Waals surface area contributed by atoms with Crippen LogP contribution in [0.25, 0.3) is 0 Å². The van der Waals surface area contributed by atoms with Gasteiger partial charge in [-0.05, 0) is 41.3 Å². The van der Waals surface area contributed by atoms with Gasteiger partial charge in [-0.3, -0.25) is 13.9 Å². The maximum absolute atomic E-state index is 14.7. The van der Waals surface area contributed by atoms with Crippen LogP contribution in [0.1, 0.15) is 25.0 Å². The van der Waals surface area contributed by atoms with Crippen LogP contribution in [-0.4, -0.2) is 50.5 Å². The average molecular weight is 574 g/mol. The van der Waals surface area contributed by atoms with Crippen molar-refractivity contribution in [2.24, 2.45) is 5.92 Å². The molecule has 1 N–H and O–H groups in total. The van der Waals surface area contributed by atoms with Gasteiger partial charge in [0, 0.05) is 24.5 Å². The number of para-hydroxylation sites is 1. The molecule has 0 aromatic heterocycles. The molecular formula is C29H33ClFN3O4S. The number of nitrogens with one attached hydrogen (secondary N) is 1. The van der Waals surface area contributed by atoms with Crippen molar-refractivity contribution in [1.82, 2.24) is 10.2 Å². The van der Waals surface area contributed by atoms with Gasteiger partial charge in [-0.15, -0.1) is 0 Å². The van der Waals surface area contributed by atoms with E-state index in [9.17, 15) is 22.4 Å². The molecular weight excluding hydrogens is 541 g/mol. The number of hydrogen-bond donors (Lipinski definition) is 1. The summed E-state index contributed by atoms with van der Waals surface area (Å²) in [5.74, 6) is -1.65. The minimum Gasteiger partial charge on any atom is -0.354 e. The van der Waals surface area contributed by atoms with Gasteiger partial charge < -0.3 is 10.2 Å². The smallest absolute Gasteiger partial charge is 0.244 e. The number of nitrogens with zero attached hydrogens (tertiary/aromatic N) is 2. The monoisotopic (exact) mass is 573 g/mol. The lowest BCUT2D eigenvalue weighted by Gasteiger charge is -2.33.